The zero-order valence-electron chi connectivity index (χ0n) is 10.0. The third-order valence-corrected chi connectivity index (χ3v) is 3.67. The average molecular weight is 199 g/mol. The highest BCUT2D eigenvalue weighted by Gasteiger charge is 2.32. The lowest BCUT2D eigenvalue weighted by Crippen LogP contribution is -2.33. The van der Waals surface area contributed by atoms with Crippen LogP contribution in [0, 0.1) is 11.8 Å². The topological polar surface area (TPSA) is 35.2 Å². The molecule has 0 heterocycles. The zero-order chi connectivity index (χ0) is 10.8. The molecule has 2 atom stereocenters. The highest BCUT2D eigenvalue weighted by atomic mass is 16.5. The van der Waals surface area contributed by atoms with Crippen LogP contribution >= 0.6 is 0 Å². The second kappa shape index (κ2) is 4.63. The molecule has 0 aromatic rings. The van der Waals surface area contributed by atoms with Gasteiger partial charge in [-0.05, 0) is 51.4 Å². The quantitative estimate of drug-likeness (QED) is 0.713. The molecule has 1 fully saturated rings. The predicted octanol–water partition coefficient (Wildman–Crippen LogP) is 2.57. The molecule has 84 valence electrons. The molecule has 1 aliphatic carbocycles. The minimum Gasteiger partial charge on any atom is -0.379 e. The van der Waals surface area contributed by atoms with Crippen molar-refractivity contribution in [1.29, 1.82) is 0 Å². The zero-order valence-corrected chi connectivity index (χ0v) is 10.0. The summed E-state index contributed by atoms with van der Waals surface area (Å²) >= 11 is 0. The fourth-order valence-electron chi connectivity index (χ4n) is 1.85. The van der Waals surface area contributed by atoms with Crippen molar-refractivity contribution in [3.8, 4) is 0 Å². The van der Waals surface area contributed by atoms with Gasteiger partial charge in [-0.2, -0.15) is 0 Å². The minimum atomic E-state index is -0.0130. The smallest absolute Gasteiger partial charge is 0.0623 e. The van der Waals surface area contributed by atoms with E-state index in [1.165, 1.54) is 12.8 Å². The lowest BCUT2D eigenvalue weighted by Gasteiger charge is -2.26. The van der Waals surface area contributed by atoms with Gasteiger partial charge < -0.3 is 10.5 Å². The van der Waals surface area contributed by atoms with E-state index in [2.05, 4.69) is 20.8 Å². The van der Waals surface area contributed by atoms with Crippen LogP contribution in [0.5, 0.6) is 0 Å². The van der Waals surface area contributed by atoms with Crippen molar-refractivity contribution in [2.24, 2.45) is 17.6 Å². The Morgan fingerprint density at radius 3 is 2.43 bits per heavy atom. The van der Waals surface area contributed by atoms with Crippen molar-refractivity contribution in [3.63, 3.8) is 0 Å². The van der Waals surface area contributed by atoms with Crippen LogP contribution in [0.25, 0.3) is 0 Å². The van der Waals surface area contributed by atoms with Crippen LogP contribution in [0.4, 0.5) is 0 Å². The van der Waals surface area contributed by atoms with Crippen LogP contribution < -0.4 is 5.73 Å². The Labute approximate surface area is 88.2 Å². The summed E-state index contributed by atoms with van der Waals surface area (Å²) in [6, 6.07) is 0.358. The van der Waals surface area contributed by atoms with Crippen LogP contribution in [-0.4, -0.2) is 18.8 Å². The van der Waals surface area contributed by atoms with Crippen molar-refractivity contribution < 1.29 is 4.74 Å². The Balaban J connectivity index is 2.22. The average Bonchev–Trinajstić information content (AvgIpc) is 2.96. The summed E-state index contributed by atoms with van der Waals surface area (Å²) < 4.78 is 5.39. The van der Waals surface area contributed by atoms with E-state index in [1.807, 2.05) is 0 Å². The molecule has 0 amide bonds. The van der Waals surface area contributed by atoms with Gasteiger partial charge in [0.2, 0.25) is 0 Å². The van der Waals surface area contributed by atoms with Gasteiger partial charge in [0.05, 0.1) is 5.60 Å². The van der Waals surface area contributed by atoms with E-state index in [4.69, 9.17) is 10.5 Å². The number of hydrogen-bond acceptors (Lipinski definition) is 2. The van der Waals surface area contributed by atoms with Crippen LogP contribution in [0.2, 0.25) is 0 Å². The lowest BCUT2D eigenvalue weighted by molar-refractivity contribution is 0.0112. The maximum Gasteiger partial charge on any atom is 0.0623 e. The van der Waals surface area contributed by atoms with E-state index in [0.29, 0.717) is 12.0 Å². The first-order valence-corrected chi connectivity index (χ1v) is 5.77. The highest BCUT2D eigenvalue weighted by molar-refractivity contribution is 4.86. The van der Waals surface area contributed by atoms with Crippen molar-refractivity contribution in [3.05, 3.63) is 0 Å². The summed E-state index contributed by atoms with van der Waals surface area (Å²) in [5.41, 5.74) is 6.15. The summed E-state index contributed by atoms with van der Waals surface area (Å²) in [4.78, 5) is 0. The third-order valence-electron chi connectivity index (χ3n) is 3.67. The van der Waals surface area contributed by atoms with Crippen molar-refractivity contribution in [1.82, 2.24) is 0 Å². The molecule has 0 aliphatic heterocycles. The Morgan fingerprint density at radius 2 is 2.00 bits per heavy atom. The Hall–Kier alpha value is -0.0800. The molecular weight excluding hydrogens is 174 g/mol. The SMILES string of the molecule is COC(C)(C)CCC(N)C(C)C1CC1. The molecule has 14 heavy (non-hydrogen) atoms. The van der Waals surface area contributed by atoms with E-state index < -0.39 is 0 Å². The molecule has 2 N–H and O–H groups in total. The number of methoxy groups -OCH3 is 1. The second-order valence-electron chi connectivity index (χ2n) is 5.36. The number of hydrogen-bond donors (Lipinski definition) is 1. The van der Waals surface area contributed by atoms with Gasteiger partial charge in [0, 0.05) is 13.2 Å². The van der Waals surface area contributed by atoms with Gasteiger partial charge >= 0.3 is 0 Å². The molecular formula is C12H25NO. The molecule has 0 aromatic carbocycles. The number of ether oxygens (including phenoxy) is 1. The minimum absolute atomic E-state index is 0.0130. The van der Waals surface area contributed by atoms with Gasteiger partial charge in [0.25, 0.3) is 0 Å². The van der Waals surface area contributed by atoms with Gasteiger partial charge in [-0.1, -0.05) is 6.92 Å². The first kappa shape index (κ1) is 12.0. The van der Waals surface area contributed by atoms with Crippen molar-refractivity contribution >= 4 is 0 Å². The molecule has 0 spiro atoms. The van der Waals surface area contributed by atoms with E-state index in [1.54, 1.807) is 7.11 Å². The van der Waals surface area contributed by atoms with Gasteiger partial charge in [0.15, 0.2) is 0 Å². The monoisotopic (exact) mass is 199 g/mol. The summed E-state index contributed by atoms with van der Waals surface area (Å²) in [6.07, 6.45) is 4.92. The normalized spacial score (nSPS) is 22.1. The summed E-state index contributed by atoms with van der Waals surface area (Å²) in [5.74, 6) is 1.61. The largest absolute Gasteiger partial charge is 0.379 e. The maximum atomic E-state index is 6.16. The fraction of sp³-hybridized carbons (Fsp3) is 1.00. The molecule has 0 saturated heterocycles. The van der Waals surface area contributed by atoms with Crippen LogP contribution in [0.1, 0.15) is 46.5 Å². The molecule has 1 aliphatic rings. The molecule has 0 radical (unpaired) electrons. The Morgan fingerprint density at radius 1 is 1.43 bits per heavy atom. The fourth-order valence-corrected chi connectivity index (χ4v) is 1.85. The van der Waals surface area contributed by atoms with E-state index in [-0.39, 0.29) is 5.60 Å². The first-order chi connectivity index (χ1) is 6.46. The molecule has 0 aromatic heterocycles. The summed E-state index contributed by atoms with van der Waals surface area (Å²) in [6.45, 7) is 6.55. The van der Waals surface area contributed by atoms with Gasteiger partial charge in [-0.25, -0.2) is 0 Å². The molecule has 2 unspecified atom stereocenters. The first-order valence-electron chi connectivity index (χ1n) is 5.77. The van der Waals surface area contributed by atoms with E-state index >= 15 is 0 Å². The Bertz CT molecular complexity index is 175. The molecule has 1 rings (SSSR count). The highest BCUT2D eigenvalue weighted by Crippen LogP contribution is 2.38. The second-order valence-corrected chi connectivity index (χ2v) is 5.36. The van der Waals surface area contributed by atoms with Crippen LogP contribution in [-0.2, 0) is 4.74 Å². The van der Waals surface area contributed by atoms with E-state index in [9.17, 15) is 0 Å². The molecule has 1 saturated carbocycles. The Kier molecular flexibility index (Phi) is 3.96. The van der Waals surface area contributed by atoms with Crippen LogP contribution in [0.3, 0.4) is 0 Å². The lowest BCUT2D eigenvalue weighted by atomic mass is 9.90. The standard InChI is InChI=1S/C12H25NO/c1-9(10-5-6-10)11(13)7-8-12(2,3)14-4/h9-11H,5-8,13H2,1-4H3. The summed E-state index contributed by atoms with van der Waals surface area (Å²) in [7, 11) is 1.77. The molecule has 0 bridgehead atoms. The number of nitrogens with two attached hydrogens (primary N) is 1. The van der Waals surface area contributed by atoms with Gasteiger partial charge in [-0.3, -0.25) is 0 Å². The third kappa shape index (κ3) is 3.58. The predicted molar refractivity (Wildman–Crippen MR) is 60.2 cm³/mol. The van der Waals surface area contributed by atoms with Crippen molar-refractivity contribution in [2.75, 3.05) is 7.11 Å². The summed E-state index contributed by atoms with van der Waals surface area (Å²) in [5, 5.41) is 0. The van der Waals surface area contributed by atoms with Gasteiger partial charge in [0.1, 0.15) is 0 Å². The molecule has 2 nitrogen and oxygen atoms in total. The van der Waals surface area contributed by atoms with E-state index in [0.717, 1.165) is 18.8 Å². The van der Waals surface area contributed by atoms with Crippen LogP contribution in [0.15, 0.2) is 0 Å². The van der Waals surface area contributed by atoms with Crippen molar-refractivity contribution in [2.45, 2.75) is 58.1 Å². The maximum absolute atomic E-state index is 6.16. The molecule has 2 heteroatoms. The number of rotatable bonds is 6. The van der Waals surface area contributed by atoms with Gasteiger partial charge in [-0.15, -0.1) is 0 Å².